The molecule has 0 spiro atoms. The second-order valence-corrected chi connectivity index (χ2v) is 7.17. The van der Waals surface area contributed by atoms with E-state index >= 15 is 0 Å². The molecule has 112 valence electrons. The van der Waals surface area contributed by atoms with Crippen molar-refractivity contribution in [3.05, 3.63) is 12.0 Å². The van der Waals surface area contributed by atoms with Crippen molar-refractivity contribution < 1.29 is 18.3 Å². The third-order valence-electron chi connectivity index (χ3n) is 3.76. The maximum atomic E-state index is 12.6. The number of hydrogen-bond donors (Lipinski definition) is 1. The molecular weight excluding hydrogens is 282 g/mol. The van der Waals surface area contributed by atoms with E-state index in [1.165, 1.54) is 6.20 Å². The minimum absolute atomic E-state index is 0.0849. The molecule has 2 atom stereocenters. The first-order valence-electron chi connectivity index (χ1n) is 6.48. The van der Waals surface area contributed by atoms with Crippen LogP contribution in [-0.4, -0.2) is 45.9 Å². The number of carboxylic acids is 1. The average Bonchev–Trinajstić information content (AvgIpc) is 2.70. The molecule has 20 heavy (non-hydrogen) atoms. The van der Waals surface area contributed by atoms with E-state index in [1.807, 2.05) is 6.92 Å². The van der Waals surface area contributed by atoms with Gasteiger partial charge in [-0.25, -0.2) is 13.4 Å². The highest BCUT2D eigenvalue weighted by molar-refractivity contribution is 7.89. The Bertz CT molecular complexity index is 603. The number of aromatic nitrogens is 2. The summed E-state index contributed by atoms with van der Waals surface area (Å²) in [6.07, 6.45) is 2.41. The molecule has 2 rings (SSSR count). The molecule has 7 nitrogen and oxygen atoms in total. The highest BCUT2D eigenvalue weighted by Crippen LogP contribution is 2.28. The highest BCUT2D eigenvalue weighted by atomic mass is 32.2. The van der Waals surface area contributed by atoms with Gasteiger partial charge < -0.3 is 9.67 Å². The standard InChI is InChI=1S/C12H19N3O4S/c1-8-4-5-15(10(6-8)12(16)17)20(18,19)11-7-14(3)9(2)13-11/h7-8,10H,4-6H2,1-3H3,(H,16,17). The molecule has 0 radical (unpaired) electrons. The number of imidazole rings is 1. The molecule has 1 aromatic heterocycles. The zero-order valence-corrected chi connectivity index (χ0v) is 12.6. The van der Waals surface area contributed by atoms with Crippen LogP contribution in [0.3, 0.4) is 0 Å². The minimum atomic E-state index is -3.86. The van der Waals surface area contributed by atoms with E-state index < -0.39 is 22.0 Å². The Labute approximate surface area is 118 Å². The molecule has 1 fully saturated rings. The second kappa shape index (κ2) is 5.17. The number of nitrogens with zero attached hydrogens (tertiary/aromatic N) is 3. The zero-order chi connectivity index (χ0) is 15.1. The van der Waals surface area contributed by atoms with E-state index in [1.54, 1.807) is 18.5 Å². The van der Waals surface area contributed by atoms with Crippen molar-refractivity contribution >= 4 is 16.0 Å². The number of carboxylic acid groups (broad SMARTS) is 1. The molecule has 0 aliphatic carbocycles. The van der Waals surface area contributed by atoms with E-state index in [2.05, 4.69) is 4.98 Å². The fourth-order valence-electron chi connectivity index (χ4n) is 2.40. The van der Waals surface area contributed by atoms with Crippen molar-refractivity contribution in [2.24, 2.45) is 13.0 Å². The van der Waals surface area contributed by atoms with Gasteiger partial charge in [-0.3, -0.25) is 4.79 Å². The maximum Gasteiger partial charge on any atom is 0.322 e. The highest BCUT2D eigenvalue weighted by Gasteiger charge is 2.40. The number of aliphatic carboxylic acids is 1. The van der Waals surface area contributed by atoms with Crippen molar-refractivity contribution in [2.45, 2.75) is 37.8 Å². The summed E-state index contributed by atoms with van der Waals surface area (Å²) in [6, 6.07) is -1.01. The molecular formula is C12H19N3O4S. The van der Waals surface area contributed by atoms with Crippen LogP contribution < -0.4 is 0 Å². The van der Waals surface area contributed by atoms with Gasteiger partial charge in [-0.1, -0.05) is 6.92 Å². The van der Waals surface area contributed by atoms with Crippen molar-refractivity contribution in [3.8, 4) is 0 Å². The van der Waals surface area contributed by atoms with Gasteiger partial charge in [0.2, 0.25) is 0 Å². The molecule has 0 aromatic carbocycles. The summed E-state index contributed by atoms with van der Waals surface area (Å²) in [7, 11) is -2.16. The van der Waals surface area contributed by atoms with E-state index in [4.69, 9.17) is 0 Å². The van der Waals surface area contributed by atoms with E-state index in [-0.39, 0.29) is 17.5 Å². The minimum Gasteiger partial charge on any atom is -0.480 e. The smallest absolute Gasteiger partial charge is 0.322 e. The van der Waals surface area contributed by atoms with E-state index in [9.17, 15) is 18.3 Å². The largest absolute Gasteiger partial charge is 0.480 e. The second-order valence-electron chi connectivity index (χ2n) is 5.34. The first-order chi connectivity index (χ1) is 9.23. The van der Waals surface area contributed by atoms with Gasteiger partial charge in [0.05, 0.1) is 0 Å². The molecule has 8 heteroatoms. The summed E-state index contributed by atoms with van der Waals surface area (Å²) in [5.74, 6) is -0.332. The van der Waals surface area contributed by atoms with Gasteiger partial charge in [0.1, 0.15) is 11.9 Å². The quantitative estimate of drug-likeness (QED) is 0.882. The first-order valence-corrected chi connectivity index (χ1v) is 7.92. The summed E-state index contributed by atoms with van der Waals surface area (Å²) in [4.78, 5) is 15.3. The van der Waals surface area contributed by atoms with Gasteiger partial charge in [-0.05, 0) is 25.7 Å². The normalized spacial score (nSPS) is 24.8. The van der Waals surface area contributed by atoms with Gasteiger partial charge in [0.15, 0.2) is 5.03 Å². The average molecular weight is 301 g/mol. The molecule has 0 saturated carbocycles. The molecule has 2 unspecified atom stereocenters. The van der Waals surface area contributed by atoms with Crippen LogP contribution in [0, 0.1) is 12.8 Å². The molecule has 1 aliphatic heterocycles. The number of hydrogen-bond acceptors (Lipinski definition) is 4. The number of piperidine rings is 1. The Kier molecular flexibility index (Phi) is 3.88. The lowest BCUT2D eigenvalue weighted by Gasteiger charge is -2.34. The monoisotopic (exact) mass is 301 g/mol. The fourth-order valence-corrected chi connectivity index (χ4v) is 4.04. The van der Waals surface area contributed by atoms with Crippen molar-refractivity contribution in [1.29, 1.82) is 0 Å². The Hall–Kier alpha value is -1.41. The predicted octanol–water partition coefficient (Wildman–Crippen LogP) is 0.602. The van der Waals surface area contributed by atoms with Crippen LogP contribution in [-0.2, 0) is 21.9 Å². The van der Waals surface area contributed by atoms with Gasteiger partial charge in [0, 0.05) is 19.8 Å². The van der Waals surface area contributed by atoms with Crippen LogP contribution in [0.2, 0.25) is 0 Å². The molecule has 0 amide bonds. The lowest BCUT2D eigenvalue weighted by atomic mass is 9.94. The maximum absolute atomic E-state index is 12.6. The lowest BCUT2D eigenvalue weighted by molar-refractivity contribution is -0.143. The summed E-state index contributed by atoms with van der Waals surface area (Å²) in [5, 5.41) is 9.18. The van der Waals surface area contributed by atoms with Crippen LogP contribution in [0.15, 0.2) is 11.2 Å². The number of carbonyl (C=O) groups is 1. The molecule has 1 aromatic rings. The molecule has 0 bridgehead atoms. The topological polar surface area (TPSA) is 92.5 Å². The third kappa shape index (κ3) is 2.57. The Morgan fingerprint density at radius 3 is 2.65 bits per heavy atom. The molecule has 1 N–H and O–H groups in total. The van der Waals surface area contributed by atoms with Crippen LogP contribution in [0.5, 0.6) is 0 Å². The molecule has 1 aliphatic rings. The van der Waals surface area contributed by atoms with Gasteiger partial charge >= 0.3 is 5.97 Å². The number of sulfonamides is 1. The Balaban J connectivity index is 2.39. The van der Waals surface area contributed by atoms with Crippen molar-refractivity contribution in [2.75, 3.05) is 6.54 Å². The number of rotatable bonds is 3. The Morgan fingerprint density at radius 1 is 1.50 bits per heavy atom. The summed E-state index contributed by atoms with van der Waals surface area (Å²) in [5.41, 5.74) is 0. The van der Waals surface area contributed by atoms with Crippen LogP contribution in [0.4, 0.5) is 0 Å². The van der Waals surface area contributed by atoms with E-state index in [0.717, 1.165) is 4.31 Å². The first kappa shape index (κ1) is 15.0. The predicted molar refractivity (Wildman–Crippen MR) is 71.7 cm³/mol. The van der Waals surface area contributed by atoms with Crippen molar-refractivity contribution in [3.63, 3.8) is 0 Å². The SMILES string of the molecule is Cc1nc(S(=O)(=O)N2CCC(C)CC2C(=O)O)cn1C. The number of aryl methyl sites for hydroxylation is 2. The van der Waals surface area contributed by atoms with E-state index in [0.29, 0.717) is 18.7 Å². The van der Waals surface area contributed by atoms with Crippen LogP contribution >= 0.6 is 0 Å². The summed E-state index contributed by atoms with van der Waals surface area (Å²) in [6.45, 7) is 3.85. The van der Waals surface area contributed by atoms with Crippen molar-refractivity contribution in [1.82, 2.24) is 13.9 Å². The summed E-state index contributed by atoms with van der Waals surface area (Å²) >= 11 is 0. The van der Waals surface area contributed by atoms with Gasteiger partial charge in [-0.2, -0.15) is 4.31 Å². The third-order valence-corrected chi connectivity index (χ3v) is 5.54. The fraction of sp³-hybridized carbons (Fsp3) is 0.667. The van der Waals surface area contributed by atoms with Gasteiger partial charge in [-0.15, -0.1) is 0 Å². The lowest BCUT2D eigenvalue weighted by Crippen LogP contribution is -2.49. The van der Waals surface area contributed by atoms with Crippen LogP contribution in [0.1, 0.15) is 25.6 Å². The Morgan fingerprint density at radius 2 is 2.15 bits per heavy atom. The van der Waals surface area contributed by atoms with Crippen LogP contribution in [0.25, 0.3) is 0 Å². The summed E-state index contributed by atoms with van der Waals surface area (Å²) < 4.78 is 27.8. The van der Waals surface area contributed by atoms with Gasteiger partial charge in [0.25, 0.3) is 10.0 Å². The molecule has 2 heterocycles. The zero-order valence-electron chi connectivity index (χ0n) is 11.8. The molecule has 1 saturated heterocycles.